The van der Waals surface area contributed by atoms with Crippen molar-refractivity contribution in [2.45, 2.75) is 44.9 Å². The standard InChI is InChI=1S/C12H19NO2/c14-11(10-5-2-1-3-6-10)9-13-8-4-7-12(13)15/h10H,1-9H2. The summed E-state index contributed by atoms with van der Waals surface area (Å²) >= 11 is 0. The fourth-order valence-corrected chi connectivity index (χ4v) is 2.61. The van der Waals surface area contributed by atoms with Crippen LogP contribution in [0.4, 0.5) is 0 Å². The van der Waals surface area contributed by atoms with Crippen molar-refractivity contribution in [3.8, 4) is 0 Å². The Balaban J connectivity index is 1.82. The van der Waals surface area contributed by atoms with E-state index in [1.54, 1.807) is 4.90 Å². The smallest absolute Gasteiger partial charge is 0.223 e. The molecule has 2 aliphatic rings. The number of rotatable bonds is 3. The molecule has 84 valence electrons. The van der Waals surface area contributed by atoms with Crippen LogP contribution in [0, 0.1) is 5.92 Å². The van der Waals surface area contributed by atoms with Gasteiger partial charge in [0.2, 0.25) is 5.91 Å². The molecule has 0 radical (unpaired) electrons. The van der Waals surface area contributed by atoms with E-state index in [2.05, 4.69) is 0 Å². The van der Waals surface area contributed by atoms with Crippen LogP contribution in [0.25, 0.3) is 0 Å². The number of Topliss-reactive ketones (excluding diaryl/α,β-unsaturated/α-hetero) is 1. The summed E-state index contributed by atoms with van der Waals surface area (Å²) in [5.74, 6) is 0.705. The molecule has 0 spiro atoms. The maximum absolute atomic E-state index is 11.9. The SMILES string of the molecule is O=C(CN1CCCC1=O)C1CCCCC1. The summed E-state index contributed by atoms with van der Waals surface area (Å²) in [6.07, 6.45) is 7.29. The molecule has 3 nitrogen and oxygen atoms in total. The monoisotopic (exact) mass is 209 g/mol. The van der Waals surface area contributed by atoms with Gasteiger partial charge in [-0.2, -0.15) is 0 Å². The summed E-state index contributed by atoms with van der Waals surface area (Å²) in [6.45, 7) is 1.17. The molecule has 0 aromatic heterocycles. The van der Waals surface area contributed by atoms with Crippen LogP contribution in [0.2, 0.25) is 0 Å². The highest BCUT2D eigenvalue weighted by atomic mass is 16.2. The molecule has 1 saturated carbocycles. The van der Waals surface area contributed by atoms with Gasteiger partial charge in [-0.05, 0) is 19.3 Å². The third kappa shape index (κ3) is 2.58. The summed E-state index contributed by atoms with van der Waals surface area (Å²) in [5.41, 5.74) is 0. The van der Waals surface area contributed by atoms with Crippen LogP contribution in [0.3, 0.4) is 0 Å². The zero-order valence-corrected chi connectivity index (χ0v) is 9.21. The van der Waals surface area contributed by atoms with E-state index in [1.165, 1.54) is 19.3 Å². The normalized spacial score (nSPS) is 23.5. The van der Waals surface area contributed by atoms with Crippen molar-refractivity contribution < 1.29 is 9.59 Å². The Labute approximate surface area is 90.8 Å². The average molecular weight is 209 g/mol. The lowest BCUT2D eigenvalue weighted by Crippen LogP contribution is -2.34. The molecule has 0 aromatic carbocycles. The van der Waals surface area contributed by atoms with Gasteiger partial charge < -0.3 is 4.90 Å². The van der Waals surface area contributed by atoms with E-state index in [0.29, 0.717) is 18.7 Å². The Hall–Kier alpha value is -0.860. The number of hydrogen-bond acceptors (Lipinski definition) is 2. The molecule has 2 fully saturated rings. The summed E-state index contributed by atoms with van der Waals surface area (Å²) < 4.78 is 0. The van der Waals surface area contributed by atoms with E-state index in [4.69, 9.17) is 0 Å². The highest BCUT2D eigenvalue weighted by Crippen LogP contribution is 2.25. The molecular formula is C12H19NO2. The maximum atomic E-state index is 11.9. The summed E-state index contributed by atoms with van der Waals surface area (Å²) in [6, 6.07) is 0. The van der Waals surface area contributed by atoms with Crippen molar-refractivity contribution in [3.63, 3.8) is 0 Å². The van der Waals surface area contributed by atoms with Crippen LogP contribution in [0.5, 0.6) is 0 Å². The fourth-order valence-electron chi connectivity index (χ4n) is 2.61. The van der Waals surface area contributed by atoms with Crippen molar-refractivity contribution in [3.05, 3.63) is 0 Å². The van der Waals surface area contributed by atoms with Crippen LogP contribution in [-0.4, -0.2) is 29.7 Å². The summed E-state index contributed by atoms with van der Waals surface area (Å²) in [5, 5.41) is 0. The second-order valence-corrected chi connectivity index (χ2v) is 4.72. The van der Waals surface area contributed by atoms with Gasteiger partial charge >= 0.3 is 0 Å². The Morgan fingerprint density at radius 3 is 2.53 bits per heavy atom. The first-order valence-corrected chi connectivity index (χ1v) is 6.08. The third-order valence-corrected chi connectivity index (χ3v) is 3.58. The fraction of sp³-hybridized carbons (Fsp3) is 0.833. The van der Waals surface area contributed by atoms with Crippen molar-refractivity contribution in [1.82, 2.24) is 4.90 Å². The summed E-state index contributed by atoms with van der Waals surface area (Å²) in [7, 11) is 0. The van der Waals surface area contributed by atoms with E-state index in [-0.39, 0.29) is 11.8 Å². The van der Waals surface area contributed by atoms with Gasteiger partial charge in [0, 0.05) is 18.9 Å². The van der Waals surface area contributed by atoms with E-state index in [0.717, 1.165) is 25.8 Å². The molecule has 3 heteroatoms. The number of ketones is 1. The zero-order chi connectivity index (χ0) is 10.7. The van der Waals surface area contributed by atoms with Crippen LogP contribution in [0.15, 0.2) is 0 Å². The lowest BCUT2D eigenvalue weighted by atomic mass is 9.86. The summed E-state index contributed by atoms with van der Waals surface area (Å²) in [4.78, 5) is 25.0. The van der Waals surface area contributed by atoms with Gasteiger partial charge in [-0.25, -0.2) is 0 Å². The molecule has 1 aliphatic carbocycles. The molecule has 1 saturated heterocycles. The van der Waals surface area contributed by atoms with Gasteiger partial charge in [-0.1, -0.05) is 19.3 Å². The predicted octanol–water partition coefficient (Wildman–Crippen LogP) is 1.76. The molecule has 0 N–H and O–H groups in total. The Kier molecular flexibility index (Phi) is 3.39. The van der Waals surface area contributed by atoms with Gasteiger partial charge in [-0.15, -0.1) is 0 Å². The predicted molar refractivity (Wildman–Crippen MR) is 57.4 cm³/mol. The molecule has 1 heterocycles. The number of amides is 1. The molecule has 15 heavy (non-hydrogen) atoms. The molecule has 2 rings (SSSR count). The molecule has 0 bridgehead atoms. The average Bonchev–Trinajstić information content (AvgIpc) is 2.66. The van der Waals surface area contributed by atoms with Crippen LogP contribution < -0.4 is 0 Å². The van der Waals surface area contributed by atoms with Crippen molar-refractivity contribution in [2.24, 2.45) is 5.92 Å². The molecule has 0 atom stereocenters. The van der Waals surface area contributed by atoms with Crippen LogP contribution in [0.1, 0.15) is 44.9 Å². The maximum Gasteiger partial charge on any atom is 0.223 e. The minimum absolute atomic E-state index is 0.166. The lowest BCUT2D eigenvalue weighted by Gasteiger charge is -2.23. The number of carbonyl (C=O) groups is 2. The quantitative estimate of drug-likeness (QED) is 0.710. The second-order valence-electron chi connectivity index (χ2n) is 4.72. The van der Waals surface area contributed by atoms with E-state index < -0.39 is 0 Å². The first-order valence-electron chi connectivity index (χ1n) is 6.08. The first kappa shape index (κ1) is 10.7. The highest BCUT2D eigenvalue weighted by molar-refractivity contribution is 5.88. The molecule has 0 unspecified atom stereocenters. The van der Waals surface area contributed by atoms with Gasteiger partial charge in [0.25, 0.3) is 0 Å². The molecular weight excluding hydrogens is 190 g/mol. The number of nitrogens with zero attached hydrogens (tertiary/aromatic N) is 1. The van der Waals surface area contributed by atoms with Gasteiger partial charge in [0.1, 0.15) is 0 Å². The Bertz CT molecular complexity index is 256. The second kappa shape index (κ2) is 4.77. The molecule has 1 aliphatic heterocycles. The van der Waals surface area contributed by atoms with Gasteiger partial charge in [0.05, 0.1) is 6.54 Å². The highest BCUT2D eigenvalue weighted by Gasteiger charge is 2.27. The van der Waals surface area contributed by atoms with E-state index >= 15 is 0 Å². The number of likely N-dealkylation sites (tertiary alicyclic amines) is 1. The van der Waals surface area contributed by atoms with Crippen molar-refractivity contribution >= 4 is 11.7 Å². The Morgan fingerprint density at radius 1 is 1.20 bits per heavy atom. The van der Waals surface area contributed by atoms with Crippen molar-refractivity contribution in [1.29, 1.82) is 0 Å². The van der Waals surface area contributed by atoms with Crippen LogP contribution >= 0.6 is 0 Å². The first-order chi connectivity index (χ1) is 7.27. The zero-order valence-electron chi connectivity index (χ0n) is 9.21. The van der Waals surface area contributed by atoms with Crippen LogP contribution in [-0.2, 0) is 9.59 Å². The number of carbonyl (C=O) groups excluding carboxylic acids is 2. The lowest BCUT2D eigenvalue weighted by molar-refractivity contribution is -0.134. The molecule has 1 amide bonds. The third-order valence-electron chi connectivity index (χ3n) is 3.58. The number of hydrogen-bond donors (Lipinski definition) is 0. The minimum atomic E-state index is 0.166. The minimum Gasteiger partial charge on any atom is -0.335 e. The van der Waals surface area contributed by atoms with Gasteiger partial charge in [-0.3, -0.25) is 9.59 Å². The largest absolute Gasteiger partial charge is 0.335 e. The van der Waals surface area contributed by atoms with Gasteiger partial charge in [0.15, 0.2) is 5.78 Å². The molecule has 0 aromatic rings. The van der Waals surface area contributed by atoms with Crippen molar-refractivity contribution in [2.75, 3.05) is 13.1 Å². The van der Waals surface area contributed by atoms with E-state index in [9.17, 15) is 9.59 Å². The van der Waals surface area contributed by atoms with E-state index in [1.807, 2.05) is 0 Å². The Morgan fingerprint density at radius 2 is 1.93 bits per heavy atom. The topological polar surface area (TPSA) is 37.4 Å².